The van der Waals surface area contributed by atoms with Gasteiger partial charge >= 0.3 is 5.97 Å². The van der Waals surface area contributed by atoms with E-state index in [0.29, 0.717) is 18.9 Å². The highest BCUT2D eigenvalue weighted by Crippen LogP contribution is 2.09. The van der Waals surface area contributed by atoms with Gasteiger partial charge in [-0.25, -0.2) is 0 Å². The van der Waals surface area contributed by atoms with E-state index in [1.807, 2.05) is 13.8 Å². The Labute approximate surface area is 78.3 Å². The predicted octanol–water partition coefficient (Wildman–Crippen LogP) is 0.474. The molecule has 1 aliphatic rings. The van der Waals surface area contributed by atoms with Gasteiger partial charge < -0.3 is 15.2 Å². The van der Waals surface area contributed by atoms with Crippen molar-refractivity contribution in [3.63, 3.8) is 0 Å². The van der Waals surface area contributed by atoms with Crippen LogP contribution in [-0.2, 0) is 9.53 Å². The third-order valence-corrected chi connectivity index (χ3v) is 2.00. The summed E-state index contributed by atoms with van der Waals surface area (Å²) in [5, 5.41) is 11.8. The van der Waals surface area contributed by atoms with E-state index in [1.165, 1.54) is 0 Å². The Morgan fingerprint density at radius 2 is 2.31 bits per heavy atom. The lowest BCUT2D eigenvalue weighted by molar-refractivity contribution is -0.139. The van der Waals surface area contributed by atoms with E-state index < -0.39 is 12.0 Å². The molecule has 1 rings (SSSR count). The van der Waals surface area contributed by atoms with E-state index in [-0.39, 0.29) is 6.10 Å². The van der Waals surface area contributed by atoms with Crippen molar-refractivity contribution in [3.05, 3.63) is 0 Å². The smallest absolute Gasteiger partial charge is 0.320 e. The molecule has 0 aliphatic carbocycles. The van der Waals surface area contributed by atoms with Crippen LogP contribution < -0.4 is 5.32 Å². The van der Waals surface area contributed by atoms with Crippen molar-refractivity contribution < 1.29 is 14.6 Å². The van der Waals surface area contributed by atoms with Crippen LogP contribution in [0.2, 0.25) is 0 Å². The van der Waals surface area contributed by atoms with E-state index in [9.17, 15) is 4.79 Å². The van der Waals surface area contributed by atoms with E-state index in [0.717, 1.165) is 6.61 Å². The summed E-state index contributed by atoms with van der Waals surface area (Å²) < 4.78 is 4.99. The monoisotopic (exact) mass is 187 g/mol. The van der Waals surface area contributed by atoms with Gasteiger partial charge in [0.1, 0.15) is 6.04 Å². The topological polar surface area (TPSA) is 61.9 Å². The molecule has 13 heavy (non-hydrogen) atoms. The van der Waals surface area contributed by atoms with Crippen molar-refractivity contribution in [2.45, 2.75) is 32.4 Å². The zero-order valence-corrected chi connectivity index (χ0v) is 8.12. The summed E-state index contributed by atoms with van der Waals surface area (Å²) in [6.45, 7) is 5.46. The van der Waals surface area contributed by atoms with Gasteiger partial charge in [-0.15, -0.1) is 0 Å². The number of hydrogen-bond acceptors (Lipinski definition) is 3. The van der Waals surface area contributed by atoms with Crippen LogP contribution in [0.3, 0.4) is 0 Å². The summed E-state index contributed by atoms with van der Waals surface area (Å²) >= 11 is 0. The minimum absolute atomic E-state index is 0.244. The molecule has 0 amide bonds. The third-order valence-electron chi connectivity index (χ3n) is 2.00. The number of hydrogen-bond donors (Lipinski definition) is 2. The minimum Gasteiger partial charge on any atom is -0.480 e. The van der Waals surface area contributed by atoms with Gasteiger partial charge in [0.25, 0.3) is 0 Å². The molecule has 0 spiro atoms. The second-order valence-corrected chi connectivity index (χ2v) is 3.88. The number of carboxylic acids is 1. The van der Waals surface area contributed by atoms with E-state index in [2.05, 4.69) is 5.32 Å². The molecule has 0 aromatic rings. The van der Waals surface area contributed by atoms with Crippen LogP contribution in [0, 0.1) is 5.92 Å². The van der Waals surface area contributed by atoms with Gasteiger partial charge in [0, 0.05) is 6.54 Å². The van der Waals surface area contributed by atoms with Crippen LogP contribution in [0.15, 0.2) is 0 Å². The zero-order chi connectivity index (χ0) is 9.84. The molecule has 0 bridgehead atoms. The summed E-state index contributed by atoms with van der Waals surface area (Å²) in [6.07, 6.45) is 0.913. The maximum Gasteiger partial charge on any atom is 0.320 e. The quantitative estimate of drug-likeness (QED) is 0.593. The molecule has 0 saturated carbocycles. The van der Waals surface area contributed by atoms with Crippen molar-refractivity contribution >= 4 is 5.97 Å². The van der Waals surface area contributed by atoms with Crippen molar-refractivity contribution in [1.29, 1.82) is 0 Å². The van der Waals surface area contributed by atoms with Crippen molar-refractivity contribution in [2.75, 3.05) is 13.2 Å². The fourth-order valence-corrected chi connectivity index (χ4v) is 1.20. The molecule has 0 radical (unpaired) electrons. The minimum atomic E-state index is -0.769. The Kier molecular flexibility index (Phi) is 3.69. The number of carboxylic acid groups (broad SMARTS) is 1. The Bertz CT molecular complexity index is 178. The summed E-state index contributed by atoms with van der Waals surface area (Å²) in [7, 11) is 0. The molecular weight excluding hydrogens is 170 g/mol. The fourth-order valence-electron chi connectivity index (χ4n) is 1.20. The first-order valence-electron chi connectivity index (χ1n) is 4.67. The average Bonchev–Trinajstić information content (AvgIpc) is 2.79. The normalized spacial score (nSPS) is 23.2. The van der Waals surface area contributed by atoms with Crippen LogP contribution >= 0.6 is 0 Å². The summed E-state index contributed by atoms with van der Waals surface area (Å²) in [4.78, 5) is 10.8. The van der Waals surface area contributed by atoms with E-state index in [1.54, 1.807) is 0 Å². The predicted molar refractivity (Wildman–Crippen MR) is 48.6 cm³/mol. The van der Waals surface area contributed by atoms with Gasteiger partial charge in [0.2, 0.25) is 0 Å². The molecule has 1 aliphatic heterocycles. The van der Waals surface area contributed by atoms with Gasteiger partial charge in [0.15, 0.2) is 0 Å². The molecule has 2 unspecified atom stereocenters. The van der Waals surface area contributed by atoms with Crippen LogP contribution in [0.25, 0.3) is 0 Å². The third kappa shape index (κ3) is 4.24. The number of rotatable bonds is 6. The van der Waals surface area contributed by atoms with Gasteiger partial charge in [0.05, 0.1) is 12.7 Å². The van der Waals surface area contributed by atoms with Crippen molar-refractivity contribution in [2.24, 2.45) is 5.92 Å². The molecule has 2 N–H and O–H groups in total. The highest BCUT2D eigenvalue weighted by Gasteiger charge is 2.25. The molecule has 2 atom stereocenters. The lowest BCUT2D eigenvalue weighted by Gasteiger charge is -2.15. The van der Waals surface area contributed by atoms with Crippen LogP contribution in [-0.4, -0.2) is 36.4 Å². The number of aliphatic carboxylic acids is 1. The van der Waals surface area contributed by atoms with Crippen LogP contribution in [0.1, 0.15) is 20.3 Å². The maximum atomic E-state index is 10.8. The van der Waals surface area contributed by atoms with Gasteiger partial charge in [-0.3, -0.25) is 4.79 Å². The second kappa shape index (κ2) is 4.58. The number of epoxide rings is 1. The summed E-state index contributed by atoms with van der Waals surface area (Å²) in [6, 6.07) is -0.427. The Balaban J connectivity index is 2.23. The molecular formula is C9H17NO3. The van der Waals surface area contributed by atoms with Crippen molar-refractivity contribution in [3.8, 4) is 0 Å². The molecule has 1 saturated heterocycles. The van der Waals surface area contributed by atoms with Crippen molar-refractivity contribution in [1.82, 2.24) is 5.32 Å². The molecule has 0 aromatic carbocycles. The SMILES string of the molecule is CC(C)CC(NCC1CO1)C(=O)O. The first-order valence-corrected chi connectivity index (χ1v) is 4.67. The standard InChI is InChI=1S/C9H17NO3/c1-6(2)3-8(9(11)12)10-4-7-5-13-7/h6-8,10H,3-5H2,1-2H3,(H,11,12). The van der Waals surface area contributed by atoms with Crippen LogP contribution in [0.4, 0.5) is 0 Å². The fraction of sp³-hybridized carbons (Fsp3) is 0.889. The first kappa shape index (κ1) is 10.5. The number of carbonyl (C=O) groups is 1. The highest BCUT2D eigenvalue weighted by molar-refractivity contribution is 5.73. The number of ether oxygens (including phenoxy) is 1. The molecule has 4 heteroatoms. The molecule has 4 nitrogen and oxygen atoms in total. The van der Waals surface area contributed by atoms with Crippen LogP contribution in [0.5, 0.6) is 0 Å². The summed E-state index contributed by atoms with van der Waals surface area (Å²) in [5.41, 5.74) is 0. The van der Waals surface area contributed by atoms with Gasteiger partial charge in [-0.1, -0.05) is 13.8 Å². The lowest BCUT2D eigenvalue weighted by atomic mass is 10.0. The van der Waals surface area contributed by atoms with Gasteiger partial charge in [-0.2, -0.15) is 0 Å². The Morgan fingerprint density at radius 1 is 1.69 bits per heavy atom. The second-order valence-electron chi connectivity index (χ2n) is 3.88. The number of nitrogens with one attached hydrogen (secondary N) is 1. The maximum absolute atomic E-state index is 10.8. The zero-order valence-electron chi connectivity index (χ0n) is 8.12. The average molecular weight is 187 g/mol. The molecule has 0 aromatic heterocycles. The highest BCUT2D eigenvalue weighted by atomic mass is 16.6. The summed E-state index contributed by atoms with van der Waals surface area (Å²) in [5.74, 6) is -0.372. The van der Waals surface area contributed by atoms with Gasteiger partial charge in [-0.05, 0) is 12.3 Å². The lowest BCUT2D eigenvalue weighted by Crippen LogP contribution is -2.39. The first-order chi connectivity index (χ1) is 6.09. The molecule has 76 valence electrons. The molecule has 1 heterocycles. The van der Waals surface area contributed by atoms with E-state index >= 15 is 0 Å². The largest absolute Gasteiger partial charge is 0.480 e. The molecule has 1 fully saturated rings. The van der Waals surface area contributed by atoms with E-state index in [4.69, 9.17) is 9.84 Å². The Hall–Kier alpha value is -0.610. The Morgan fingerprint density at radius 3 is 2.69 bits per heavy atom.